The van der Waals surface area contributed by atoms with Crippen LogP contribution in [0.5, 0.6) is 0 Å². The summed E-state index contributed by atoms with van der Waals surface area (Å²) in [5, 5.41) is 4.31. The molecule has 1 aromatic heterocycles. The van der Waals surface area contributed by atoms with E-state index in [1.54, 1.807) is 7.11 Å². The van der Waals surface area contributed by atoms with Crippen LogP contribution in [0.1, 0.15) is 22.3 Å². The van der Waals surface area contributed by atoms with Gasteiger partial charge in [0.1, 0.15) is 0 Å². The number of benzene rings is 1. The highest BCUT2D eigenvalue weighted by molar-refractivity contribution is 6.00. The average Bonchev–Trinajstić information content (AvgIpc) is 3.04. The summed E-state index contributed by atoms with van der Waals surface area (Å²) in [7, 11) is 1.68. The topological polar surface area (TPSA) is 44.1 Å². The van der Waals surface area contributed by atoms with Gasteiger partial charge in [-0.2, -0.15) is 5.10 Å². The molecule has 1 aromatic carbocycles. The molecule has 0 fully saturated rings. The van der Waals surface area contributed by atoms with Gasteiger partial charge < -0.3 is 4.74 Å². The first-order valence-corrected chi connectivity index (χ1v) is 6.46. The van der Waals surface area contributed by atoms with Crippen LogP contribution in [0.2, 0.25) is 0 Å². The molecule has 1 aliphatic rings. The maximum atomic E-state index is 11.6. The normalized spacial score (nSPS) is 13.8. The van der Waals surface area contributed by atoms with Crippen LogP contribution in [0.3, 0.4) is 0 Å². The van der Waals surface area contributed by atoms with E-state index in [1.165, 1.54) is 0 Å². The van der Waals surface area contributed by atoms with E-state index in [0.717, 1.165) is 35.2 Å². The average molecular weight is 256 g/mol. The first kappa shape index (κ1) is 12.1. The Morgan fingerprint density at radius 3 is 3.05 bits per heavy atom. The molecule has 0 unspecified atom stereocenters. The van der Waals surface area contributed by atoms with E-state index in [2.05, 4.69) is 11.2 Å². The lowest BCUT2D eigenvalue weighted by Crippen LogP contribution is -2.03. The van der Waals surface area contributed by atoms with E-state index >= 15 is 0 Å². The molecular weight excluding hydrogens is 240 g/mol. The van der Waals surface area contributed by atoms with Crippen molar-refractivity contribution in [3.05, 3.63) is 41.7 Å². The van der Waals surface area contributed by atoms with Gasteiger partial charge >= 0.3 is 0 Å². The summed E-state index contributed by atoms with van der Waals surface area (Å²) >= 11 is 0. The first-order valence-electron chi connectivity index (χ1n) is 6.46. The molecule has 2 aromatic rings. The third-order valence-electron chi connectivity index (χ3n) is 3.52. The summed E-state index contributed by atoms with van der Waals surface area (Å²) in [6.07, 6.45) is 5.37. The fourth-order valence-corrected chi connectivity index (χ4v) is 2.45. The number of hydrogen-bond donors (Lipinski definition) is 0. The lowest BCUT2D eigenvalue weighted by molar-refractivity contribution is 0.0994. The fraction of sp³-hybridized carbons (Fsp3) is 0.333. The van der Waals surface area contributed by atoms with Gasteiger partial charge in [-0.3, -0.25) is 9.48 Å². The standard InChI is InChI=1S/C15H16N2O2/c1-19-7-6-17-10-13(9-16-17)11-2-4-14-12(8-11)3-5-15(14)18/h2,4,8-10H,3,5-7H2,1H3. The van der Waals surface area contributed by atoms with Crippen molar-refractivity contribution >= 4 is 5.78 Å². The van der Waals surface area contributed by atoms with Gasteiger partial charge in [0.05, 0.1) is 19.3 Å². The van der Waals surface area contributed by atoms with Crippen LogP contribution in [0, 0.1) is 0 Å². The predicted molar refractivity (Wildman–Crippen MR) is 72.2 cm³/mol. The maximum Gasteiger partial charge on any atom is 0.163 e. The van der Waals surface area contributed by atoms with Crippen molar-refractivity contribution in [1.82, 2.24) is 9.78 Å². The second kappa shape index (κ2) is 4.97. The van der Waals surface area contributed by atoms with Gasteiger partial charge in [0, 0.05) is 30.9 Å². The van der Waals surface area contributed by atoms with E-state index < -0.39 is 0 Å². The van der Waals surface area contributed by atoms with E-state index in [9.17, 15) is 4.79 Å². The van der Waals surface area contributed by atoms with Gasteiger partial charge in [0.2, 0.25) is 0 Å². The highest BCUT2D eigenvalue weighted by Gasteiger charge is 2.19. The summed E-state index contributed by atoms with van der Waals surface area (Å²) < 4.78 is 6.91. The largest absolute Gasteiger partial charge is 0.383 e. The minimum Gasteiger partial charge on any atom is -0.383 e. The van der Waals surface area contributed by atoms with Crippen LogP contribution in [-0.4, -0.2) is 29.3 Å². The number of carbonyl (C=O) groups is 1. The Kier molecular flexibility index (Phi) is 3.17. The van der Waals surface area contributed by atoms with Gasteiger partial charge in [-0.15, -0.1) is 0 Å². The van der Waals surface area contributed by atoms with Crippen LogP contribution < -0.4 is 0 Å². The number of aryl methyl sites for hydroxylation is 1. The lowest BCUT2D eigenvalue weighted by Gasteiger charge is -2.02. The van der Waals surface area contributed by atoms with Crippen LogP contribution in [0.25, 0.3) is 11.1 Å². The molecule has 4 nitrogen and oxygen atoms in total. The van der Waals surface area contributed by atoms with Crippen molar-refractivity contribution in [2.24, 2.45) is 0 Å². The third kappa shape index (κ3) is 2.31. The SMILES string of the molecule is COCCn1cc(-c2ccc3c(c2)CCC3=O)cn1. The maximum absolute atomic E-state index is 11.6. The zero-order chi connectivity index (χ0) is 13.2. The summed E-state index contributed by atoms with van der Waals surface area (Å²) in [5.74, 6) is 0.261. The highest BCUT2D eigenvalue weighted by atomic mass is 16.5. The molecule has 0 spiro atoms. The number of methoxy groups -OCH3 is 1. The molecule has 3 rings (SSSR count). The molecule has 0 aliphatic heterocycles. The quantitative estimate of drug-likeness (QED) is 0.843. The second-order valence-corrected chi connectivity index (χ2v) is 4.78. The molecule has 0 N–H and O–H groups in total. The Bertz CT molecular complexity index is 616. The fourth-order valence-electron chi connectivity index (χ4n) is 2.45. The van der Waals surface area contributed by atoms with Crippen LogP contribution >= 0.6 is 0 Å². The second-order valence-electron chi connectivity index (χ2n) is 4.78. The van der Waals surface area contributed by atoms with E-state index in [-0.39, 0.29) is 5.78 Å². The summed E-state index contributed by atoms with van der Waals surface area (Å²) in [6.45, 7) is 1.40. The Morgan fingerprint density at radius 1 is 1.32 bits per heavy atom. The Hall–Kier alpha value is -1.94. The number of nitrogens with zero attached hydrogens (tertiary/aromatic N) is 2. The Morgan fingerprint density at radius 2 is 2.21 bits per heavy atom. The molecule has 0 atom stereocenters. The number of rotatable bonds is 4. The predicted octanol–water partition coefficient (Wildman–Crippen LogP) is 2.33. The molecule has 98 valence electrons. The van der Waals surface area contributed by atoms with Crippen molar-refractivity contribution in [1.29, 1.82) is 0 Å². The Balaban J connectivity index is 1.86. The van der Waals surface area contributed by atoms with E-state index in [1.807, 2.05) is 29.2 Å². The van der Waals surface area contributed by atoms with Crippen LogP contribution in [0.15, 0.2) is 30.6 Å². The van der Waals surface area contributed by atoms with Crippen LogP contribution in [0.4, 0.5) is 0 Å². The highest BCUT2D eigenvalue weighted by Crippen LogP contribution is 2.27. The number of Topliss-reactive ketones (excluding diaryl/α,β-unsaturated/α-hetero) is 1. The Labute approximate surface area is 112 Å². The molecule has 19 heavy (non-hydrogen) atoms. The number of hydrogen-bond acceptors (Lipinski definition) is 3. The molecule has 0 saturated heterocycles. The van der Waals surface area contributed by atoms with Crippen molar-refractivity contribution in [3.8, 4) is 11.1 Å². The molecule has 0 radical (unpaired) electrons. The third-order valence-corrected chi connectivity index (χ3v) is 3.52. The zero-order valence-electron chi connectivity index (χ0n) is 10.9. The van der Waals surface area contributed by atoms with Crippen molar-refractivity contribution in [2.75, 3.05) is 13.7 Å². The van der Waals surface area contributed by atoms with E-state index in [0.29, 0.717) is 13.0 Å². The van der Waals surface area contributed by atoms with Gasteiger partial charge in [-0.05, 0) is 17.5 Å². The van der Waals surface area contributed by atoms with Crippen molar-refractivity contribution in [3.63, 3.8) is 0 Å². The number of fused-ring (bicyclic) bond motifs is 1. The molecule has 0 amide bonds. The van der Waals surface area contributed by atoms with Gasteiger partial charge in [-0.25, -0.2) is 0 Å². The number of carbonyl (C=O) groups excluding carboxylic acids is 1. The number of ketones is 1. The summed E-state index contributed by atoms with van der Waals surface area (Å²) in [5.41, 5.74) is 4.25. The van der Waals surface area contributed by atoms with Crippen LogP contribution in [-0.2, 0) is 17.7 Å². The van der Waals surface area contributed by atoms with Crippen molar-refractivity contribution < 1.29 is 9.53 Å². The zero-order valence-corrected chi connectivity index (χ0v) is 10.9. The molecule has 0 bridgehead atoms. The minimum atomic E-state index is 0.261. The van der Waals surface area contributed by atoms with Crippen molar-refractivity contribution in [2.45, 2.75) is 19.4 Å². The molecule has 4 heteroatoms. The molecule has 1 heterocycles. The monoisotopic (exact) mass is 256 g/mol. The smallest absolute Gasteiger partial charge is 0.163 e. The summed E-state index contributed by atoms with van der Waals surface area (Å²) in [6, 6.07) is 6.05. The number of ether oxygens (including phenoxy) is 1. The van der Waals surface area contributed by atoms with Gasteiger partial charge in [-0.1, -0.05) is 18.2 Å². The summed E-state index contributed by atoms with van der Waals surface area (Å²) in [4.78, 5) is 11.6. The lowest BCUT2D eigenvalue weighted by atomic mass is 10.0. The minimum absolute atomic E-state index is 0.261. The van der Waals surface area contributed by atoms with Gasteiger partial charge in [0.15, 0.2) is 5.78 Å². The number of aromatic nitrogens is 2. The van der Waals surface area contributed by atoms with Gasteiger partial charge in [0.25, 0.3) is 0 Å². The molecule has 0 saturated carbocycles. The molecule has 1 aliphatic carbocycles. The first-order chi connectivity index (χ1) is 9.28. The molecular formula is C15H16N2O2. The van der Waals surface area contributed by atoms with E-state index in [4.69, 9.17) is 4.74 Å².